The van der Waals surface area contributed by atoms with Gasteiger partial charge in [-0.3, -0.25) is 9.97 Å². The van der Waals surface area contributed by atoms with Crippen LogP contribution in [0.25, 0.3) is 0 Å². The minimum atomic E-state index is 0.708. The van der Waals surface area contributed by atoms with Gasteiger partial charge >= 0.3 is 0 Å². The van der Waals surface area contributed by atoms with Gasteiger partial charge in [-0.15, -0.1) is 0 Å². The molecule has 0 saturated carbocycles. The summed E-state index contributed by atoms with van der Waals surface area (Å²) in [6.07, 6.45) is 5.42. The topological polar surface area (TPSA) is 37.8 Å². The Morgan fingerprint density at radius 2 is 2.12 bits per heavy atom. The average Bonchev–Trinajstić information content (AvgIpc) is 2.30. The summed E-state index contributed by atoms with van der Waals surface area (Å²) < 4.78 is 0.994. The molecule has 0 aromatic carbocycles. The monoisotopic (exact) mass is 277 g/mol. The third-order valence-corrected chi connectivity index (χ3v) is 2.76. The summed E-state index contributed by atoms with van der Waals surface area (Å²) in [4.78, 5) is 8.37. The normalized spacial score (nSPS) is 10.1. The molecule has 0 aliphatic carbocycles. The lowest BCUT2D eigenvalue weighted by Gasteiger charge is -2.07. The van der Waals surface area contributed by atoms with Gasteiger partial charge in [0, 0.05) is 16.9 Å². The van der Waals surface area contributed by atoms with Crippen molar-refractivity contribution in [3.63, 3.8) is 0 Å². The summed E-state index contributed by atoms with van der Waals surface area (Å²) >= 11 is 3.36. The Morgan fingerprint density at radius 1 is 1.25 bits per heavy atom. The number of nitrogens with zero attached hydrogens (tertiary/aromatic N) is 2. The lowest BCUT2D eigenvalue weighted by Crippen LogP contribution is -2.02. The summed E-state index contributed by atoms with van der Waals surface area (Å²) in [5.74, 6) is 0. The Hall–Kier alpha value is -1.42. The fourth-order valence-corrected chi connectivity index (χ4v) is 1.58. The maximum atomic E-state index is 4.29. The van der Waals surface area contributed by atoms with Gasteiger partial charge in [0.15, 0.2) is 0 Å². The molecule has 4 heteroatoms. The molecule has 0 fully saturated rings. The molecule has 0 saturated heterocycles. The molecule has 2 rings (SSSR count). The molecule has 0 atom stereocenters. The Balaban J connectivity index is 2.02. The van der Waals surface area contributed by atoms with E-state index in [0.29, 0.717) is 6.54 Å². The Labute approximate surface area is 103 Å². The number of nitrogens with one attached hydrogen (secondary N) is 1. The highest BCUT2D eigenvalue weighted by molar-refractivity contribution is 9.10. The van der Waals surface area contributed by atoms with Crippen molar-refractivity contribution >= 4 is 21.6 Å². The van der Waals surface area contributed by atoms with Crippen molar-refractivity contribution in [1.29, 1.82) is 0 Å². The Bertz CT molecular complexity index is 468. The van der Waals surface area contributed by atoms with Crippen molar-refractivity contribution in [2.24, 2.45) is 0 Å². The van der Waals surface area contributed by atoms with Gasteiger partial charge in [-0.1, -0.05) is 0 Å². The van der Waals surface area contributed by atoms with E-state index in [1.54, 1.807) is 12.4 Å². The largest absolute Gasteiger partial charge is 0.378 e. The lowest BCUT2D eigenvalue weighted by atomic mass is 10.2. The highest BCUT2D eigenvalue weighted by atomic mass is 79.9. The summed E-state index contributed by atoms with van der Waals surface area (Å²) in [7, 11) is 0. The SMILES string of the molecule is Cc1ccncc1NCc1ccc(Br)cn1. The van der Waals surface area contributed by atoms with E-state index in [9.17, 15) is 0 Å². The number of aromatic nitrogens is 2. The van der Waals surface area contributed by atoms with Crippen LogP contribution in [0.3, 0.4) is 0 Å². The summed E-state index contributed by atoms with van der Waals surface area (Å²) in [5.41, 5.74) is 3.24. The molecule has 3 nitrogen and oxygen atoms in total. The zero-order valence-corrected chi connectivity index (χ0v) is 10.5. The van der Waals surface area contributed by atoms with Crippen LogP contribution >= 0.6 is 15.9 Å². The molecule has 1 N–H and O–H groups in total. The first-order valence-corrected chi connectivity index (χ1v) is 5.80. The number of halogens is 1. The van der Waals surface area contributed by atoms with Gasteiger partial charge in [-0.05, 0) is 46.6 Å². The first-order valence-electron chi connectivity index (χ1n) is 5.00. The molecular formula is C12H12BrN3. The van der Waals surface area contributed by atoms with E-state index in [0.717, 1.165) is 15.9 Å². The van der Waals surface area contributed by atoms with Gasteiger partial charge in [0.1, 0.15) is 0 Å². The van der Waals surface area contributed by atoms with Crippen LogP contribution in [0.4, 0.5) is 5.69 Å². The number of anilines is 1. The second-order valence-electron chi connectivity index (χ2n) is 3.51. The van der Waals surface area contributed by atoms with Crippen LogP contribution in [-0.2, 0) is 6.54 Å². The molecule has 0 radical (unpaired) electrons. The van der Waals surface area contributed by atoms with Crippen LogP contribution in [-0.4, -0.2) is 9.97 Å². The van der Waals surface area contributed by atoms with Gasteiger partial charge in [-0.2, -0.15) is 0 Å². The molecule has 0 bridgehead atoms. The third kappa shape index (κ3) is 2.79. The number of aryl methyl sites for hydroxylation is 1. The first kappa shape index (κ1) is 11.1. The lowest BCUT2D eigenvalue weighted by molar-refractivity contribution is 1.03. The highest BCUT2D eigenvalue weighted by Gasteiger charge is 1.98. The zero-order chi connectivity index (χ0) is 11.4. The maximum Gasteiger partial charge on any atom is 0.0595 e. The smallest absolute Gasteiger partial charge is 0.0595 e. The zero-order valence-electron chi connectivity index (χ0n) is 8.94. The Kier molecular flexibility index (Phi) is 3.51. The van der Waals surface area contributed by atoms with Crippen molar-refractivity contribution in [2.75, 3.05) is 5.32 Å². The molecular weight excluding hydrogens is 266 g/mol. The van der Waals surface area contributed by atoms with E-state index in [1.807, 2.05) is 24.4 Å². The average molecular weight is 278 g/mol. The van der Waals surface area contributed by atoms with Gasteiger partial charge < -0.3 is 5.32 Å². The molecule has 0 amide bonds. The van der Waals surface area contributed by atoms with Crippen molar-refractivity contribution < 1.29 is 0 Å². The predicted octanol–water partition coefficient (Wildman–Crippen LogP) is 3.16. The second kappa shape index (κ2) is 5.07. The molecule has 2 aromatic rings. The van der Waals surface area contributed by atoms with E-state index in [1.165, 1.54) is 5.56 Å². The highest BCUT2D eigenvalue weighted by Crippen LogP contribution is 2.13. The molecule has 2 aromatic heterocycles. The van der Waals surface area contributed by atoms with E-state index in [-0.39, 0.29) is 0 Å². The van der Waals surface area contributed by atoms with Crippen molar-refractivity contribution in [3.8, 4) is 0 Å². The van der Waals surface area contributed by atoms with E-state index >= 15 is 0 Å². The van der Waals surface area contributed by atoms with E-state index in [4.69, 9.17) is 0 Å². The van der Waals surface area contributed by atoms with E-state index in [2.05, 4.69) is 38.1 Å². The van der Waals surface area contributed by atoms with Gasteiger partial charge in [0.25, 0.3) is 0 Å². The number of hydrogen-bond donors (Lipinski definition) is 1. The van der Waals surface area contributed by atoms with Crippen LogP contribution in [0.5, 0.6) is 0 Å². The number of pyridine rings is 2. The molecule has 0 spiro atoms. The van der Waals surface area contributed by atoms with Crippen LogP contribution < -0.4 is 5.32 Å². The molecule has 0 aliphatic heterocycles. The predicted molar refractivity (Wildman–Crippen MR) is 68.2 cm³/mol. The minimum absolute atomic E-state index is 0.708. The van der Waals surface area contributed by atoms with Crippen molar-refractivity contribution in [1.82, 2.24) is 9.97 Å². The van der Waals surface area contributed by atoms with Gasteiger partial charge in [0.2, 0.25) is 0 Å². The van der Waals surface area contributed by atoms with Gasteiger partial charge in [0.05, 0.1) is 24.1 Å². The second-order valence-corrected chi connectivity index (χ2v) is 4.43. The molecule has 82 valence electrons. The maximum absolute atomic E-state index is 4.29. The van der Waals surface area contributed by atoms with Crippen LogP contribution in [0, 0.1) is 6.92 Å². The Morgan fingerprint density at radius 3 is 2.81 bits per heavy atom. The standard InChI is InChI=1S/C12H12BrN3/c1-9-4-5-14-8-12(9)16-7-11-3-2-10(13)6-15-11/h2-6,8,16H,7H2,1H3. The molecule has 0 unspecified atom stereocenters. The summed E-state index contributed by atoms with van der Waals surface area (Å²) in [6.45, 7) is 2.76. The fourth-order valence-electron chi connectivity index (χ4n) is 1.35. The fraction of sp³-hybridized carbons (Fsp3) is 0.167. The quantitative estimate of drug-likeness (QED) is 0.937. The number of hydrogen-bond acceptors (Lipinski definition) is 3. The van der Waals surface area contributed by atoms with E-state index < -0.39 is 0 Å². The minimum Gasteiger partial charge on any atom is -0.378 e. The molecule has 16 heavy (non-hydrogen) atoms. The number of rotatable bonds is 3. The van der Waals surface area contributed by atoms with Crippen LogP contribution in [0.2, 0.25) is 0 Å². The summed E-state index contributed by atoms with van der Waals surface area (Å²) in [6, 6.07) is 5.96. The van der Waals surface area contributed by atoms with Crippen LogP contribution in [0.1, 0.15) is 11.3 Å². The summed E-state index contributed by atoms with van der Waals surface area (Å²) in [5, 5.41) is 3.31. The third-order valence-electron chi connectivity index (χ3n) is 2.29. The first-order chi connectivity index (χ1) is 7.75. The van der Waals surface area contributed by atoms with Crippen molar-refractivity contribution in [2.45, 2.75) is 13.5 Å². The molecule has 2 heterocycles. The van der Waals surface area contributed by atoms with Crippen LogP contribution in [0.15, 0.2) is 41.3 Å². The molecule has 0 aliphatic rings. The van der Waals surface area contributed by atoms with Crippen molar-refractivity contribution in [3.05, 3.63) is 52.5 Å². The van der Waals surface area contributed by atoms with Gasteiger partial charge in [-0.25, -0.2) is 0 Å².